The standard InChI is InChI=1S/C12H9ClF3N3O/c13-11-18-9(12(14,15)16)5-10(19-11)17-6-7-1-3-8(20)4-2-7/h1-5,20H,6H2,(H,17,18,19). The van der Waals surface area contributed by atoms with E-state index in [1.165, 1.54) is 12.1 Å². The van der Waals surface area contributed by atoms with Crippen molar-refractivity contribution in [2.24, 2.45) is 0 Å². The lowest BCUT2D eigenvalue weighted by Gasteiger charge is -2.10. The Kier molecular flexibility index (Phi) is 3.99. The zero-order chi connectivity index (χ0) is 14.8. The molecule has 0 saturated heterocycles. The third kappa shape index (κ3) is 3.74. The molecule has 20 heavy (non-hydrogen) atoms. The van der Waals surface area contributed by atoms with Gasteiger partial charge >= 0.3 is 6.18 Å². The van der Waals surface area contributed by atoms with E-state index >= 15 is 0 Å². The maximum absolute atomic E-state index is 12.6. The molecule has 0 bridgehead atoms. The van der Waals surface area contributed by atoms with Crippen molar-refractivity contribution < 1.29 is 18.3 Å². The molecule has 2 aromatic rings. The Morgan fingerprint density at radius 1 is 1.15 bits per heavy atom. The number of nitrogens with one attached hydrogen (secondary N) is 1. The number of anilines is 1. The summed E-state index contributed by atoms with van der Waals surface area (Å²) in [5.74, 6) is 0.0867. The number of nitrogens with zero attached hydrogens (tertiary/aromatic N) is 2. The van der Waals surface area contributed by atoms with Crippen LogP contribution in [0.2, 0.25) is 5.28 Å². The summed E-state index contributed by atoms with van der Waals surface area (Å²) in [5.41, 5.74) is -0.336. The SMILES string of the molecule is Oc1ccc(CNc2cc(C(F)(F)F)nc(Cl)n2)cc1. The molecule has 0 aliphatic heterocycles. The molecule has 0 saturated carbocycles. The number of rotatable bonds is 3. The average Bonchev–Trinajstić information content (AvgIpc) is 2.36. The molecule has 0 atom stereocenters. The lowest BCUT2D eigenvalue weighted by atomic mass is 10.2. The molecule has 4 nitrogen and oxygen atoms in total. The Hall–Kier alpha value is -2.02. The molecule has 0 radical (unpaired) electrons. The first kappa shape index (κ1) is 14.4. The number of benzene rings is 1. The predicted octanol–water partition coefficient (Wildman–Crippen LogP) is 3.47. The van der Waals surface area contributed by atoms with Crippen LogP contribution in [0, 0.1) is 0 Å². The molecule has 0 aliphatic rings. The van der Waals surface area contributed by atoms with Gasteiger partial charge in [-0.2, -0.15) is 13.2 Å². The number of hydrogen-bond acceptors (Lipinski definition) is 4. The first-order chi connectivity index (χ1) is 9.34. The number of phenols is 1. The normalized spacial score (nSPS) is 11.4. The van der Waals surface area contributed by atoms with Crippen LogP contribution in [0.1, 0.15) is 11.3 Å². The molecule has 2 N–H and O–H groups in total. The zero-order valence-electron chi connectivity index (χ0n) is 9.95. The second kappa shape index (κ2) is 5.54. The van der Waals surface area contributed by atoms with E-state index in [0.29, 0.717) is 0 Å². The minimum Gasteiger partial charge on any atom is -0.508 e. The van der Waals surface area contributed by atoms with Gasteiger partial charge in [0.25, 0.3) is 0 Å². The van der Waals surface area contributed by atoms with E-state index < -0.39 is 17.2 Å². The molecule has 8 heteroatoms. The summed E-state index contributed by atoms with van der Waals surface area (Å²) >= 11 is 5.46. The Morgan fingerprint density at radius 2 is 1.80 bits per heavy atom. The Balaban J connectivity index is 2.13. The summed E-state index contributed by atoms with van der Waals surface area (Å²) in [7, 11) is 0. The van der Waals surface area contributed by atoms with E-state index in [4.69, 9.17) is 16.7 Å². The van der Waals surface area contributed by atoms with Gasteiger partial charge in [0.05, 0.1) is 0 Å². The molecular weight excluding hydrogens is 295 g/mol. The number of alkyl halides is 3. The van der Waals surface area contributed by atoms with Gasteiger partial charge in [0.1, 0.15) is 11.6 Å². The van der Waals surface area contributed by atoms with Crippen molar-refractivity contribution in [3.63, 3.8) is 0 Å². The number of aromatic hydroxyl groups is 1. The molecule has 0 fully saturated rings. The number of phenolic OH excluding ortho intramolecular Hbond substituents is 1. The Morgan fingerprint density at radius 3 is 2.40 bits per heavy atom. The van der Waals surface area contributed by atoms with Crippen LogP contribution in [0.15, 0.2) is 30.3 Å². The van der Waals surface area contributed by atoms with Gasteiger partial charge in [-0.15, -0.1) is 0 Å². The monoisotopic (exact) mass is 303 g/mol. The highest BCUT2D eigenvalue weighted by atomic mass is 35.5. The van der Waals surface area contributed by atoms with Gasteiger partial charge in [-0.05, 0) is 29.3 Å². The molecule has 0 aliphatic carbocycles. The van der Waals surface area contributed by atoms with Gasteiger partial charge in [0.15, 0.2) is 5.69 Å². The van der Waals surface area contributed by atoms with Crippen LogP contribution in [0.25, 0.3) is 0 Å². The molecule has 1 aromatic carbocycles. The van der Waals surface area contributed by atoms with Crippen LogP contribution in [-0.2, 0) is 12.7 Å². The summed E-state index contributed by atoms with van der Waals surface area (Å²) in [5, 5.41) is 11.4. The van der Waals surface area contributed by atoms with Crippen molar-refractivity contribution in [3.05, 3.63) is 46.9 Å². The molecule has 2 rings (SSSR count). The van der Waals surface area contributed by atoms with Crippen molar-refractivity contribution in [2.45, 2.75) is 12.7 Å². The van der Waals surface area contributed by atoms with Crippen LogP contribution in [0.4, 0.5) is 19.0 Å². The van der Waals surface area contributed by atoms with Crippen molar-refractivity contribution >= 4 is 17.4 Å². The second-order valence-electron chi connectivity index (χ2n) is 3.93. The van der Waals surface area contributed by atoms with Crippen LogP contribution in [-0.4, -0.2) is 15.1 Å². The van der Waals surface area contributed by atoms with Crippen molar-refractivity contribution in [2.75, 3.05) is 5.32 Å². The molecule has 0 unspecified atom stereocenters. The van der Waals surface area contributed by atoms with Gasteiger partial charge in [-0.1, -0.05) is 12.1 Å². The van der Waals surface area contributed by atoms with E-state index in [0.717, 1.165) is 11.6 Å². The second-order valence-corrected chi connectivity index (χ2v) is 4.26. The minimum absolute atomic E-state index is 0.0228. The summed E-state index contributed by atoms with van der Waals surface area (Å²) < 4.78 is 37.7. The fourth-order valence-corrected chi connectivity index (χ4v) is 1.64. The molecule has 1 aromatic heterocycles. The van der Waals surface area contributed by atoms with E-state index in [-0.39, 0.29) is 18.1 Å². The quantitative estimate of drug-likeness (QED) is 0.853. The molecule has 1 heterocycles. The first-order valence-electron chi connectivity index (χ1n) is 5.48. The third-order valence-electron chi connectivity index (χ3n) is 2.40. The number of halogens is 4. The fraction of sp³-hybridized carbons (Fsp3) is 0.167. The topological polar surface area (TPSA) is 58.0 Å². The average molecular weight is 304 g/mol. The van der Waals surface area contributed by atoms with Crippen LogP contribution in [0.5, 0.6) is 5.75 Å². The third-order valence-corrected chi connectivity index (χ3v) is 2.57. The lowest BCUT2D eigenvalue weighted by Crippen LogP contribution is -2.11. The lowest BCUT2D eigenvalue weighted by molar-refractivity contribution is -0.141. The molecular formula is C12H9ClF3N3O. The molecule has 0 amide bonds. The summed E-state index contributed by atoms with van der Waals surface area (Å²) in [6.45, 7) is 0.241. The smallest absolute Gasteiger partial charge is 0.433 e. The first-order valence-corrected chi connectivity index (χ1v) is 5.86. The highest BCUT2D eigenvalue weighted by Gasteiger charge is 2.33. The van der Waals surface area contributed by atoms with Gasteiger partial charge in [-0.3, -0.25) is 0 Å². The summed E-state index contributed by atoms with van der Waals surface area (Å²) in [6, 6.07) is 7.01. The number of hydrogen-bond donors (Lipinski definition) is 2. The van der Waals surface area contributed by atoms with Crippen molar-refractivity contribution in [3.8, 4) is 5.75 Å². The Bertz CT molecular complexity index is 602. The van der Waals surface area contributed by atoms with E-state index in [2.05, 4.69) is 15.3 Å². The van der Waals surface area contributed by atoms with Crippen LogP contribution < -0.4 is 5.32 Å². The van der Waals surface area contributed by atoms with E-state index in [1.54, 1.807) is 12.1 Å². The highest BCUT2D eigenvalue weighted by molar-refractivity contribution is 6.28. The molecule has 106 valence electrons. The largest absolute Gasteiger partial charge is 0.508 e. The van der Waals surface area contributed by atoms with Gasteiger partial charge in [0, 0.05) is 12.6 Å². The van der Waals surface area contributed by atoms with Crippen molar-refractivity contribution in [1.29, 1.82) is 0 Å². The van der Waals surface area contributed by atoms with Gasteiger partial charge in [0.2, 0.25) is 5.28 Å². The maximum atomic E-state index is 12.6. The summed E-state index contributed by atoms with van der Waals surface area (Å²) in [4.78, 5) is 6.80. The zero-order valence-corrected chi connectivity index (χ0v) is 10.7. The minimum atomic E-state index is -4.58. The van der Waals surface area contributed by atoms with Crippen LogP contribution in [0.3, 0.4) is 0 Å². The highest BCUT2D eigenvalue weighted by Crippen LogP contribution is 2.29. The van der Waals surface area contributed by atoms with Crippen LogP contribution >= 0.6 is 11.6 Å². The molecule has 0 spiro atoms. The maximum Gasteiger partial charge on any atom is 0.433 e. The Labute approximate surface area is 117 Å². The van der Waals surface area contributed by atoms with E-state index in [9.17, 15) is 13.2 Å². The van der Waals surface area contributed by atoms with Gasteiger partial charge < -0.3 is 10.4 Å². The predicted molar refractivity (Wildman–Crippen MR) is 67.5 cm³/mol. The number of aromatic nitrogens is 2. The van der Waals surface area contributed by atoms with Crippen molar-refractivity contribution in [1.82, 2.24) is 9.97 Å². The summed E-state index contributed by atoms with van der Waals surface area (Å²) in [6.07, 6.45) is -4.58. The van der Waals surface area contributed by atoms with Gasteiger partial charge in [-0.25, -0.2) is 9.97 Å². The fourth-order valence-electron chi connectivity index (χ4n) is 1.46. The van der Waals surface area contributed by atoms with E-state index in [1.807, 2.05) is 0 Å².